The molecule has 23 heavy (non-hydrogen) atoms. The van der Waals surface area contributed by atoms with E-state index >= 15 is 0 Å². The number of primary amides is 1. The number of anilines is 1. The summed E-state index contributed by atoms with van der Waals surface area (Å²) >= 11 is 7.05. The van der Waals surface area contributed by atoms with E-state index in [9.17, 15) is 14.4 Å². The number of nitrogens with one attached hydrogen (secondary N) is 1. The average molecular weight is 353 g/mol. The highest BCUT2D eigenvalue weighted by Gasteiger charge is 2.22. The summed E-state index contributed by atoms with van der Waals surface area (Å²) < 4.78 is 5.08. The summed E-state index contributed by atoms with van der Waals surface area (Å²) in [5, 5.41) is 4.68. The standard InChI is InChI=1S/C15H13ClN2O4S/c1-8(22-15(21)9-4-2-3-5-11(9)16)13(20)18-14-10(12(17)19)6-7-23-14/h2-8H,1H3,(H2,17,19)(H,18,20). The molecule has 0 bridgehead atoms. The number of esters is 1. The minimum Gasteiger partial charge on any atom is -0.449 e. The van der Waals surface area contributed by atoms with Gasteiger partial charge in [-0.1, -0.05) is 23.7 Å². The molecule has 0 aliphatic rings. The molecule has 6 nitrogen and oxygen atoms in total. The van der Waals surface area contributed by atoms with Gasteiger partial charge in [-0.15, -0.1) is 11.3 Å². The third kappa shape index (κ3) is 4.08. The third-order valence-corrected chi connectivity index (χ3v) is 4.07. The van der Waals surface area contributed by atoms with E-state index < -0.39 is 23.9 Å². The summed E-state index contributed by atoms with van der Waals surface area (Å²) in [4.78, 5) is 35.3. The van der Waals surface area contributed by atoms with Crippen LogP contribution in [-0.2, 0) is 9.53 Å². The van der Waals surface area contributed by atoms with Gasteiger partial charge in [0, 0.05) is 0 Å². The van der Waals surface area contributed by atoms with Crippen LogP contribution in [0.1, 0.15) is 27.6 Å². The van der Waals surface area contributed by atoms with Crippen LogP contribution in [0.5, 0.6) is 0 Å². The van der Waals surface area contributed by atoms with Gasteiger partial charge in [-0.25, -0.2) is 4.79 Å². The Bertz CT molecular complexity index is 759. The molecule has 2 rings (SSSR count). The summed E-state index contributed by atoms with van der Waals surface area (Å²) in [6.45, 7) is 1.42. The number of thiophene rings is 1. The predicted octanol–water partition coefficient (Wildman–Crippen LogP) is 2.68. The lowest BCUT2D eigenvalue weighted by atomic mass is 10.2. The molecule has 1 aromatic heterocycles. The van der Waals surface area contributed by atoms with Gasteiger partial charge in [0.15, 0.2) is 6.10 Å². The van der Waals surface area contributed by atoms with Crippen molar-refractivity contribution in [3.8, 4) is 0 Å². The molecule has 8 heteroatoms. The molecule has 2 amide bonds. The maximum Gasteiger partial charge on any atom is 0.340 e. The number of benzene rings is 1. The van der Waals surface area contributed by atoms with Crippen molar-refractivity contribution in [2.75, 3.05) is 5.32 Å². The molecule has 1 heterocycles. The molecule has 3 N–H and O–H groups in total. The number of halogens is 1. The molecule has 120 valence electrons. The molecule has 1 unspecified atom stereocenters. The van der Waals surface area contributed by atoms with Crippen molar-refractivity contribution in [2.24, 2.45) is 5.73 Å². The van der Waals surface area contributed by atoms with Gasteiger partial charge < -0.3 is 15.8 Å². The molecule has 0 saturated heterocycles. The Morgan fingerprint density at radius 2 is 1.91 bits per heavy atom. The van der Waals surface area contributed by atoms with Crippen molar-refractivity contribution in [3.05, 3.63) is 51.9 Å². The van der Waals surface area contributed by atoms with Gasteiger partial charge in [-0.2, -0.15) is 0 Å². The number of carbonyl (C=O) groups is 3. The van der Waals surface area contributed by atoms with Crippen LogP contribution in [0, 0.1) is 0 Å². The topological polar surface area (TPSA) is 98.5 Å². The number of rotatable bonds is 5. The fraction of sp³-hybridized carbons (Fsp3) is 0.133. The second-order valence-corrected chi connectivity index (χ2v) is 5.87. The molecule has 0 fully saturated rings. The smallest absolute Gasteiger partial charge is 0.340 e. The number of hydrogen-bond acceptors (Lipinski definition) is 5. The number of ether oxygens (including phenoxy) is 1. The Hall–Kier alpha value is -2.38. The first-order valence-electron chi connectivity index (χ1n) is 6.54. The van der Waals surface area contributed by atoms with Gasteiger partial charge in [0.2, 0.25) is 0 Å². The number of nitrogens with two attached hydrogens (primary N) is 1. The van der Waals surface area contributed by atoms with E-state index in [1.165, 1.54) is 19.1 Å². The number of carbonyl (C=O) groups excluding carboxylic acids is 3. The molecule has 2 aromatic rings. The van der Waals surface area contributed by atoms with Crippen LogP contribution in [0.2, 0.25) is 5.02 Å². The second kappa shape index (κ2) is 7.26. The van der Waals surface area contributed by atoms with Crippen LogP contribution in [0.25, 0.3) is 0 Å². The molecule has 0 saturated carbocycles. The van der Waals surface area contributed by atoms with Crippen LogP contribution >= 0.6 is 22.9 Å². The summed E-state index contributed by atoms with van der Waals surface area (Å²) in [6, 6.07) is 7.87. The predicted molar refractivity (Wildman–Crippen MR) is 87.8 cm³/mol. The highest BCUT2D eigenvalue weighted by molar-refractivity contribution is 7.14. The lowest BCUT2D eigenvalue weighted by Gasteiger charge is -2.13. The van der Waals surface area contributed by atoms with E-state index in [0.29, 0.717) is 5.00 Å². The minimum absolute atomic E-state index is 0.169. The molecule has 0 spiro atoms. The van der Waals surface area contributed by atoms with E-state index in [-0.39, 0.29) is 16.1 Å². The quantitative estimate of drug-likeness (QED) is 0.808. The zero-order valence-corrected chi connectivity index (χ0v) is 13.6. The van der Waals surface area contributed by atoms with Gasteiger partial charge >= 0.3 is 5.97 Å². The summed E-state index contributed by atoms with van der Waals surface area (Å²) in [5.74, 6) is -1.93. The van der Waals surface area contributed by atoms with Gasteiger partial charge in [0.05, 0.1) is 16.1 Å². The van der Waals surface area contributed by atoms with Crippen molar-refractivity contribution in [1.29, 1.82) is 0 Å². The Morgan fingerprint density at radius 1 is 1.22 bits per heavy atom. The maximum absolute atomic E-state index is 12.1. The molecule has 0 radical (unpaired) electrons. The van der Waals surface area contributed by atoms with Crippen LogP contribution in [-0.4, -0.2) is 23.9 Å². The van der Waals surface area contributed by atoms with Crippen LogP contribution < -0.4 is 11.1 Å². The summed E-state index contributed by atoms with van der Waals surface area (Å²) in [7, 11) is 0. The van der Waals surface area contributed by atoms with Crippen molar-refractivity contribution < 1.29 is 19.1 Å². The zero-order chi connectivity index (χ0) is 17.0. The Kier molecular flexibility index (Phi) is 5.36. The number of hydrogen-bond donors (Lipinski definition) is 2. The first kappa shape index (κ1) is 17.0. The van der Waals surface area contributed by atoms with Crippen molar-refractivity contribution in [1.82, 2.24) is 0 Å². The SMILES string of the molecule is CC(OC(=O)c1ccccc1Cl)C(=O)Nc1sccc1C(N)=O. The zero-order valence-electron chi connectivity index (χ0n) is 12.0. The molecule has 1 atom stereocenters. The van der Waals surface area contributed by atoms with Gasteiger partial charge in [0.1, 0.15) is 5.00 Å². The van der Waals surface area contributed by atoms with Gasteiger partial charge in [-0.3, -0.25) is 9.59 Å². The first-order chi connectivity index (χ1) is 10.9. The van der Waals surface area contributed by atoms with Crippen molar-refractivity contribution in [2.45, 2.75) is 13.0 Å². The van der Waals surface area contributed by atoms with E-state index in [2.05, 4.69) is 5.32 Å². The Labute approximate surface area is 141 Å². The highest BCUT2D eigenvalue weighted by atomic mass is 35.5. The fourth-order valence-corrected chi connectivity index (χ4v) is 2.73. The minimum atomic E-state index is -1.07. The normalized spacial score (nSPS) is 11.6. The molecule has 0 aliphatic heterocycles. The van der Waals surface area contributed by atoms with Crippen LogP contribution in [0.3, 0.4) is 0 Å². The van der Waals surface area contributed by atoms with Crippen LogP contribution in [0.15, 0.2) is 35.7 Å². The largest absolute Gasteiger partial charge is 0.449 e. The van der Waals surface area contributed by atoms with E-state index in [0.717, 1.165) is 11.3 Å². The fourth-order valence-electron chi connectivity index (χ4n) is 1.72. The average Bonchev–Trinajstić information content (AvgIpc) is 2.95. The first-order valence-corrected chi connectivity index (χ1v) is 7.79. The lowest BCUT2D eigenvalue weighted by Crippen LogP contribution is -2.30. The third-order valence-electron chi connectivity index (χ3n) is 2.91. The Balaban J connectivity index is 2.03. The summed E-state index contributed by atoms with van der Waals surface area (Å²) in [6.07, 6.45) is -1.07. The maximum atomic E-state index is 12.1. The molecule has 1 aromatic carbocycles. The van der Waals surface area contributed by atoms with Gasteiger partial charge in [-0.05, 0) is 30.5 Å². The van der Waals surface area contributed by atoms with E-state index in [1.807, 2.05) is 0 Å². The Morgan fingerprint density at radius 3 is 2.57 bits per heavy atom. The van der Waals surface area contributed by atoms with Gasteiger partial charge in [0.25, 0.3) is 11.8 Å². The van der Waals surface area contributed by atoms with E-state index in [1.54, 1.807) is 23.6 Å². The monoisotopic (exact) mass is 352 g/mol. The molecular weight excluding hydrogens is 340 g/mol. The molecular formula is C15H13ClN2O4S. The van der Waals surface area contributed by atoms with Crippen molar-refractivity contribution >= 4 is 45.7 Å². The van der Waals surface area contributed by atoms with E-state index in [4.69, 9.17) is 22.1 Å². The van der Waals surface area contributed by atoms with Crippen LogP contribution in [0.4, 0.5) is 5.00 Å². The number of amides is 2. The highest BCUT2D eigenvalue weighted by Crippen LogP contribution is 2.23. The lowest BCUT2D eigenvalue weighted by molar-refractivity contribution is -0.123. The molecule has 0 aliphatic carbocycles. The summed E-state index contributed by atoms with van der Waals surface area (Å²) in [5.41, 5.74) is 5.57. The van der Waals surface area contributed by atoms with Crippen molar-refractivity contribution in [3.63, 3.8) is 0 Å². The second-order valence-electron chi connectivity index (χ2n) is 4.54.